The molecule has 0 spiro atoms. The van der Waals surface area contributed by atoms with Crippen molar-refractivity contribution in [2.24, 2.45) is 4.40 Å². The second kappa shape index (κ2) is 5.26. The lowest BCUT2D eigenvalue weighted by molar-refractivity contribution is 0.594. The number of amidine groups is 1. The van der Waals surface area contributed by atoms with Crippen molar-refractivity contribution in [2.75, 3.05) is 12.3 Å². The molecule has 0 N–H and O–H groups in total. The molecule has 0 atom stereocenters. The smallest absolute Gasteiger partial charge is 0.148 e. The fourth-order valence-corrected chi connectivity index (χ4v) is 3.21. The van der Waals surface area contributed by atoms with Gasteiger partial charge in [0.2, 0.25) is 0 Å². The summed E-state index contributed by atoms with van der Waals surface area (Å²) in [5, 5.41) is 4.25. The van der Waals surface area contributed by atoms with E-state index in [1.165, 1.54) is 11.1 Å². The van der Waals surface area contributed by atoms with Crippen LogP contribution in [0.3, 0.4) is 0 Å². The maximum atomic E-state index is 4.60. The van der Waals surface area contributed by atoms with Gasteiger partial charge in [0.05, 0.1) is 5.69 Å². The molecule has 4 rings (SSSR count). The quantitative estimate of drug-likeness (QED) is 0.798. The van der Waals surface area contributed by atoms with Crippen LogP contribution in [0.15, 0.2) is 65.5 Å². The normalized spacial score (nSPS) is 17.2. The van der Waals surface area contributed by atoms with Gasteiger partial charge in [0, 0.05) is 36.5 Å². The second-order valence-corrected chi connectivity index (χ2v) is 5.71. The van der Waals surface area contributed by atoms with Gasteiger partial charge in [-0.3, -0.25) is 0 Å². The van der Waals surface area contributed by atoms with Gasteiger partial charge in [-0.2, -0.15) is 9.50 Å². The molecule has 0 radical (unpaired) electrons. The second-order valence-electron chi connectivity index (χ2n) is 4.86. The number of hydrogen-bond acceptors (Lipinski definition) is 4. The van der Waals surface area contributed by atoms with Crippen molar-refractivity contribution in [3.8, 4) is 5.69 Å². The number of allylic oxidation sites excluding steroid dienone is 2. The Labute approximate surface area is 127 Å². The average molecular weight is 294 g/mol. The van der Waals surface area contributed by atoms with Crippen LogP contribution in [0.4, 0.5) is 0 Å². The van der Waals surface area contributed by atoms with Gasteiger partial charge < -0.3 is 4.90 Å². The minimum atomic E-state index is 1.02. The predicted octanol–water partition coefficient (Wildman–Crippen LogP) is 3.15. The predicted molar refractivity (Wildman–Crippen MR) is 87.3 cm³/mol. The lowest BCUT2D eigenvalue weighted by atomic mass is 10.0. The summed E-state index contributed by atoms with van der Waals surface area (Å²) in [6.07, 6.45) is 10.0. The molecule has 1 aromatic heterocycles. The molecule has 0 saturated carbocycles. The molecule has 0 amide bonds. The van der Waals surface area contributed by atoms with Crippen molar-refractivity contribution in [1.82, 2.24) is 14.7 Å². The topological polar surface area (TPSA) is 33.4 Å². The zero-order valence-electron chi connectivity index (χ0n) is 11.4. The fraction of sp³-hybridized carbons (Fsp3) is 0.125. The summed E-state index contributed by atoms with van der Waals surface area (Å²) in [5.74, 6) is 2.10. The first-order valence-corrected chi connectivity index (χ1v) is 7.82. The molecule has 104 valence electrons. The standard InChI is InChI=1S/C16H14N4S/c1-3-15(16-18-21-12-11-19(16)9-1)13-4-6-14(7-5-13)20-10-2-8-17-20/h1-10H,11-12H2. The Kier molecular flexibility index (Phi) is 3.12. The first kappa shape index (κ1) is 12.5. The Morgan fingerprint density at radius 2 is 2.05 bits per heavy atom. The monoisotopic (exact) mass is 294 g/mol. The van der Waals surface area contributed by atoms with E-state index in [0.717, 1.165) is 23.8 Å². The maximum Gasteiger partial charge on any atom is 0.148 e. The summed E-state index contributed by atoms with van der Waals surface area (Å²) in [6, 6.07) is 10.4. The Morgan fingerprint density at radius 3 is 2.86 bits per heavy atom. The average Bonchev–Trinajstić information content (AvgIpc) is 3.09. The summed E-state index contributed by atoms with van der Waals surface area (Å²) in [5.41, 5.74) is 3.42. The Balaban J connectivity index is 1.69. The largest absolute Gasteiger partial charge is 0.331 e. The van der Waals surface area contributed by atoms with Crippen LogP contribution in [0.25, 0.3) is 11.3 Å². The van der Waals surface area contributed by atoms with E-state index in [0.29, 0.717) is 0 Å². The number of benzene rings is 1. The number of aromatic nitrogens is 2. The molecule has 4 nitrogen and oxygen atoms in total. The first-order chi connectivity index (χ1) is 10.4. The summed E-state index contributed by atoms with van der Waals surface area (Å²) in [4.78, 5) is 2.22. The van der Waals surface area contributed by atoms with Gasteiger partial charge >= 0.3 is 0 Å². The Bertz CT molecular complexity index is 726. The van der Waals surface area contributed by atoms with Crippen LogP contribution < -0.4 is 0 Å². The highest BCUT2D eigenvalue weighted by molar-refractivity contribution is 7.98. The SMILES string of the molecule is C1=CN2CCSN=C2C(c2ccc(-n3cccn3)cc2)=C1. The van der Waals surface area contributed by atoms with Crippen molar-refractivity contribution >= 4 is 23.4 Å². The summed E-state index contributed by atoms with van der Waals surface area (Å²) >= 11 is 1.64. The van der Waals surface area contributed by atoms with E-state index < -0.39 is 0 Å². The highest BCUT2D eigenvalue weighted by atomic mass is 32.2. The number of hydrogen-bond donors (Lipinski definition) is 0. The van der Waals surface area contributed by atoms with E-state index in [-0.39, 0.29) is 0 Å². The van der Waals surface area contributed by atoms with E-state index in [4.69, 9.17) is 0 Å². The van der Waals surface area contributed by atoms with Crippen LogP contribution in [0.1, 0.15) is 5.56 Å². The van der Waals surface area contributed by atoms with Gasteiger partial charge in [-0.15, -0.1) is 0 Å². The summed E-state index contributed by atoms with van der Waals surface area (Å²) in [6.45, 7) is 1.02. The third-order valence-electron chi connectivity index (χ3n) is 3.56. The van der Waals surface area contributed by atoms with Gasteiger partial charge in [0.25, 0.3) is 0 Å². The van der Waals surface area contributed by atoms with E-state index >= 15 is 0 Å². The molecule has 2 aliphatic heterocycles. The lowest BCUT2D eigenvalue weighted by Crippen LogP contribution is -2.32. The molecule has 2 aromatic rings. The van der Waals surface area contributed by atoms with Crippen molar-refractivity contribution < 1.29 is 0 Å². The number of fused-ring (bicyclic) bond motifs is 1. The third kappa shape index (κ3) is 2.29. The molecule has 2 aliphatic rings. The maximum absolute atomic E-state index is 4.60. The molecule has 0 unspecified atom stereocenters. The van der Waals surface area contributed by atoms with Crippen LogP contribution in [0.2, 0.25) is 0 Å². The summed E-state index contributed by atoms with van der Waals surface area (Å²) < 4.78 is 6.46. The van der Waals surface area contributed by atoms with Crippen LogP contribution in [0.5, 0.6) is 0 Å². The van der Waals surface area contributed by atoms with Crippen molar-refractivity contribution in [1.29, 1.82) is 0 Å². The highest BCUT2D eigenvalue weighted by Gasteiger charge is 2.21. The molecule has 0 fully saturated rings. The zero-order valence-corrected chi connectivity index (χ0v) is 12.2. The fourth-order valence-electron chi connectivity index (χ4n) is 2.51. The van der Waals surface area contributed by atoms with E-state index in [2.05, 4.69) is 57.0 Å². The molecule has 0 bridgehead atoms. The zero-order chi connectivity index (χ0) is 14.1. The van der Waals surface area contributed by atoms with Crippen molar-refractivity contribution in [2.45, 2.75) is 0 Å². The van der Waals surface area contributed by atoms with E-state index in [1.807, 2.05) is 16.9 Å². The summed E-state index contributed by atoms with van der Waals surface area (Å²) in [7, 11) is 0. The Morgan fingerprint density at radius 1 is 1.14 bits per heavy atom. The van der Waals surface area contributed by atoms with Gasteiger partial charge in [0.15, 0.2) is 0 Å². The van der Waals surface area contributed by atoms with Gasteiger partial charge in [-0.1, -0.05) is 12.1 Å². The van der Waals surface area contributed by atoms with Crippen LogP contribution >= 0.6 is 11.9 Å². The molecular formula is C16H14N4S. The molecule has 0 aliphatic carbocycles. The highest BCUT2D eigenvalue weighted by Crippen LogP contribution is 2.27. The van der Waals surface area contributed by atoms with E-state index in [9.17, 15) is 0 Å². The van der Waals surface area contributed by atoms with Gasteiger partial charge in [0.1, 0.15) is 5.84 Å². The van der Waals surface area contributed by atoms with Crippen molar-refractivity contribution in [3.05, 3.63) is 66.6 Å². The van der Waals surface area contributed by atoms with Gasteiger partial charge in [-0.25, -0.2) is 4.68 Å². The van der Waals surface area contributed by atoms with Crippen LogP contribution in [-0.4, -0.2) is 32.8 Å². The minimum Gasteiger partial charge on any atom is -0.331 e. The molecule has 0 saturated heterocycles. The number of rotatable bonds is 2. The van der Waals surface area contributed by atoms with Crippen LogP contribution in [-0.2, 0) is 0 Å². The number of nitrogens with zero attached hydrogens (tertiary/aromatic N) is 4. The van der Waals surface area contributed by atoms with Crippen molar-refractivity contribution in [3.63, 3.8) is 0 Å². The molecular weight excluding hydrogens is 280 g/mol. The van der Waals surface area contributed by atoms with Crippen LogP contribution in [0, 0.1) is 0 Å². The van der Waals surface area contributed by atoms with E-state index in [1.54, 1.807) is 18.1 Å². The third-order valence-corrected chi connectivity index (χ3v) is 4.23. The molecule has 21 heavy (non-hydrogen) atoms. The molecule has 3 heterocycles. The Hall–Kier alpha value is -2.27. The minimum absolute atomic E-state index is 1.02. The molecule has 1 aromatic carbocycles. The molecule has 5 heteroatoms. The first-order valence-electron chi connectivity index (χ1n) is 6.88. The van der Waals surface area contributed by atoms with Gasteiger partial charge in [-0.05, 0) is 47.9 Å². The lowest BCUT2D eigenvalue weighted by Gasteiger charge is -2.29.